The summed E-state index contributed by atoms with van der Waals surface area (Å²) in [6, 6.07) is 13.6. The SMILES string of the molecule is O=C(CCCSc1ccc(Cl)cc1)Nc1nc2c(Br)cccc2s1. The van der Waals surface area contributed by atoms with E-state index in [9.17, 15) is 4.79 Å². The van der Waals surface area contributed by atoms with E-state index in [0.29, 0.717) is 11.6 Å². The Morgan fingerprint density at radius 2 is 2.04 bits per heavy atom. The number of thioether (sulfide) groups is 1. The summed E-state index contributed by atoms with van der Waals surface area (Å²) in [6.45, 7) is 0. The first kappa shape index (κ1) is 17.7. The normalized spacial score (nSPS) is 10.9. The highest BCUT2D eigenvalue weighted by molar-refractivity contribution is 9.10. The second kappa shape index (κ2) is 8.34. The molecule has 0 aliphatic heterocycles. The monoisotopic (exact) mass is 440 g/mol. The molecule has 1 amide bonds. The van der Waals surface area contributed by atoms with Crippen LogP contribution in [0.1, 0.15) is 12.8 Å². The van der Waals surface area contributed by atoms with Crippen molar-refractivity contribution in [2.45, 2.75) is 17.7 Å². The van der Waals surface area contributed by atoms with Crippen LogP contribution in [0, 0.1) is 0 Å². The molecule has 0 saturated heterocycles. The smallest absolute Gasteiger partial charge is 0.226 e. The Labute approximate surface area is 161 Å². The lowest BCUT2D eigenvalue weighted by atomic mass is 10.3. The van der Waals surface area contributed by atoms with E-state index in [1.165, 1.54) is 11.3 Å². The van der Waals surface area contributed by atoms with Crippen LogP contribution in [0.15, 0.2) is 51.8 Å². The summed E-state index contributed by atoms with van der Waals surface area (Å²) in [4.78, 5) is 17.7. The summed E-state index contributed by atoms with van der Waals surface area (Å²) in [6.07, 6.45) is 1.30. The van der Waals surface area contributed by atoms with Gasteiger partial charge in [-0.2, -0.15) is 0 Å². The number of carbonyl (C=O) groups is 1. The zero-order chi connectivity index (χ0) is 16.9. The number of amides is 1. The third kappa shape index (κ3) is 4.72. The number of hydrogen-bond donors (Lipinski definition) is 1. The standard InChI is InChI=1S/C17H14BrClN2OS2/c18-13-3-1-4-14-16(13)21-17(24-14)20-15(22)5-2-10-23-12-8-6-11(19)7-9-12/h1,3-4,6-9H,2,5,10H2,(H,20,21,22). The minimum Gasteiger partial charge on any atom is -0.302 e. The van der Waals surface area contributed by atoms with Crippen LogP contribution < -0.4 is 5.32 Å². The molecule has 1 aromatic heterocycles. The number of hydrogen-bond acceptors (Lipinski definition) is 4. The fourth-order valence-electron chi connectivity index (χ4n) is 2.10. The first-order valence-corrected chi connectivity index (χ1v) is 10.3. The molecule has 3 rings (SSSR count). The van der Waals surface area contributed by atoms with Gasteiger partial charge in [0.25, 0.3) is 0 Å². The number of aromatic nitrogens is 1. The maximum atomic E-state index is 12.0. The number of anilines is 1. The molecule has 2 aromatic carbocycles. The maximum absolute atomic E-state index is 12.0. The molecule has 124 valence electrons. The van der Waals surface area contributed by atoms with Crippen LogP contribution in [-0.2, 0) is 4.79 Å². The first-order valence-electron chi connectivity index (χ1n) is 7.35. The van der Waals surface area contributed by atoms with E-state index in [2.05, 4.69) is 26.2 Å². The average Bonchev–Trinajstić information content (AvgIpc) is 2.97. The number of halogens is 2. The third-order valence-corrected chi connectivity index (χ3v) is 6.17. The van der Waals surface area contributed by atoms with Crippen molar-refractivity contribution in [2.24, 2.45) is 0 Å². The van der Waals surface area contributed by atoms with Gasteiger partial charge in [0.2, 0.25) is 5.91 Å². The molecule has 0 aliphatic carbocycles. The van der Waals surface area contributed by atoms with Crippen molar-refractivity contribution in [3.63, 3.8) is 0 Å². The maximum Gasteiger partial charge on any atom is 0.226 e. The van der Waals surface area contributed by atoms with Gasteiger partial charge >= 0.3 is 0 Å². The van der Waals surface area contributed by atoms with Crippen LogP contribution >= 0.6 is 50.6 Å². The predicted octanol–water partition coefficient (Wildman–Crippen LogP) is 6.22. The summed E-state index contributed by atoms with van der Waals surface area (Å²) in [5, 5.41) is 4.27. The highest BCUT2D eigenvalue weighted by Crippen LogP contribution is 2.31. The summed E-state index contributed by atoms with van der Waals surface area (Å²) >= 11 is 12.5. The number of para-hydroxylation sites is 1. The van der Waals surface area contributed by atoms with Gasteiger partial charge in [-0.05, 0) is 64.5 Å². The first-order chi connectivity index (χ1) is 11.6. The molecule has 24 heavy (non-hydrogen) atoms. The molecule has 1 N–H and O–H groups in total. The number of benzene rings is 2. The van der Waals surface area contributed by atoms with Gasteiger partial charge in [-0.1, -0.05) is 29.0 Å². The summed E-state index contributed by atoms with van der Waals surface area (Å²) < 4.78 is 1.99. The van der Waals surface area contributed by atoms with Gasteiger partial charge in [0.15, 0.2) is 5.13 Å². The van der Waals surface area contributed by atoms with E-state index in [4.69, 9.17) is 11.6 Å². The van der Waals surface area contributed by atoms with Crippen molar-refractivity contribution >= 4 is 71.9 Å². The van der Waals surface area contributed by atoms with Crippen LogP contribution in [0.2, 0.25) is 5.02 Å². The van der Waals surface area contributed by atoms with Crippen molar-refractivity contribution in [3.05, 3.63) is 52.0 Å². The number of nitrogens with zero attached hydrogens (tertiary/aromatic N) is 1. The Morgan fingerprint density at radius 1 is 1.25 bits per heavy atom. The Morgan fingerprint density at radius 3 is 2.79 bits per heavy atom. The van der Waals surface area contributed by atoms with E-state index in [1.54, 1.807) is 11.8 Å². The molecule has 1 heterocycles. The van der Waals surface area contributed by atoms with Crippen LogP contribution in [0.25, 0.3) is 10.2 Å². The lowest BCUT2D eigenvalue weighted by Crippen LogP contribution is -2.11. The lowest BCUT2D eigenvalue weighted by molar-refractivity contribution is -0.116. The molecule has 0 aliphatic rings. The van der Waals surface area contributed by atoms with Crippen molar-refractivity contribution < 1.29 is 4.79 Å². The largest absolute Gasteiger partial charge is 0.302 e. The summed E-state index contributed by atoms with van der Waals surface area (Å²) in [5.74, 6) is 0.891. The van der Waals surface area contributed by atoms with E-state index in [1.807, 2.05) is 42.5 Å². The van der Waals surface area contributed by atoms with E-state index >= 15 is 0 Å². The number of thiazole rings is 1. The number of nitrogens with one attached hydrogen (secondary N) is 1. The molecular formula is C17H14BrClN2OS2. The second-order valence-corrected chi connectivity index (χ2v) is 8.55. The fourth-order valence-corrected chi connectivity index (χ4v) is 4.58. The zero-order valence-corrected chi connectivity index (χ0v) is 16.6. The minimum atomic E-state index is 0.00175. The Kier molecular flexibility index (Phi) is 6.16. The minimum absolute atomic E-state index is 0.00175. The molecule has 0 fully saturated rings. The molecule has 3 nitrogen and oxygen atoms in total. The molecule has 0 spiro atoms. The topological polar surface area (TPSA) is 42.0 Å². The zero-order valence-electron chi connectivity index (χ0n) is 12.6. The molecule has 0 saturated carbocycles. The molecule has 7 heteroatoms. The average molecular weight is 442 g/mol. The van der Waals surface area contributed by atoms with Crippen molar-refractivity contribution in [2.75, 3.05) is 11.1 Å². The second-order valence-electron chi connectivity index (χ2n) is 5.06. The highest BCUT2D eigenvalue weighted by Gasteiger charge is 2.09. The van der Waals surface area contributed by atoms with E-state index in [-0.39, 0.29) is 5.91 Å². The summed E-state index contributed by atoms with van der Waals surface area (Å²) in [5.41, 5.74) is 0.885. The third-order valence-electron chi connectivity index (χ3n) is 3.25. The molecular weight excluding hydrogens is 428 g/mol. The van der Waals surface area contributed by atoms with Crippen molar-refractivity contribution in [1.82, 2.24) is 4.98 Å². The molecule has 0 radical (unpaired) electrons. The van der Waals surface area contributed by atoms with Gasteiger partial charge in [-0.25, -0.2) is 4.98 Å². The van der Waals surface area contributed by atoms with Crippen LogP contribution in [0.3, 0.4) is 0 Å². The Balaban J connectivity index is 1.46. The Bertz CT molecular complexity index is 851. The number of carbonyl (C=O) groups excluding carboxylic acids is 1. The van der Waals surface area contributed by atoms with Crippen LogP contribution in [0.4, 0.5) is 5.13 Å². The van der Waals surface area contributed by atoms with Gasteiger partial charge < -0.3 is 5.32 Å². The molecule has 0 bridgehead atoms. The lowest BCUT2D eigenvalue weighted by Gasteiger charge is -2.03. The highest BCUT2D eigenvalue weighted by atomic mass is 79.9. The predicted molar refractivity (Wildman–Crippen MR) is 107 cm³/mol. The van der Waals surface area contributed by atoms with Crippen molar-refractivity contribution in [1.29, 1.82) is 0 Å². The molecule has 0 unspecified atom stereocenters. The van der Waals surface area contributed by atoms with Gasteiger partial charge in [0.05, 0.1) is 10.2 Å². The van der Waals surface area contributed by atoms with Gasteiger partial charge in [0.1, 0.15) is 0 Å². The Hall–Kier alpha value is -1.08. The van der Waals surface area contributed by atoms with Crippen LogP contribution in [-0.4, -0.2) is 16.6 Å². The number of fused-ring (bicyclic) bond motifs is 1. The summed E-state index contributed by atoms with van der Waals surface area (Å²) in [7, 11) is 0. The van der Waals surface area contributed by atoms with E-state index < -0.39 is 0 Å². The van der Waals surface area contributed by atoms with Crippen LogP contribution in [0.5, 0.6) is 0 Å². The van der Waals surface area contributed by atoms with Gasteiger partial charge in [-0.3, -0.25) is 4.79 Å². The van der Waals surface area contributed by atoms with Gasteiger partial charge in [-0.15, -0.1) is 11.8 Å². The quantitative estimate of drug-likeness (QED) is 0.364. The number of rotatable bonds is 6. The van der Waals surface area contributed by atoms with Crippen molar-refractivity contribution in [3.8, 4) is 0 Å². The fraction of sp³-hybridized carbons (Fsp3) is 0.176. The van der Waals surface area contributed by atoms with Gasteiger partial charge in [0, 0.05) is 20.8 Å². The van der Waals surface area contributed by atoms with E-state index in [0.717, 1.165) is 36.8 Å². The molecule has 0 atom stereocenters. The molecule has 3 aromatic rings.